The van der Waals surface area contributed by atoms with Gasteiger partial charge in [0.1, 0.15) is 17.7 Å². The predicted octanol–water partition coefficient (Wildman–Crippen LogP) is 2.42. The molecule has 0 aliphatic carbocycles. The van der Waals surface area contributed by atoms with Gasteiger partial charge in [0.05, 0.1) is 6.20 Å². The molecule has 19 heavy (non-hydrogen) atoms. The maximum atomic E-state index is 12.9. The van der Waals surface area contributed by atoms with Crippen LogP contribution < -0.4 is 10.5 Å². The molecule has 2 aromatic rings. The van der Waals surface area contributed by atoms with Gasteiger partial charge in [0.2, 0.25) is 0 Å². The third kappa shape index (κ3) is 3.32. The summed E-state index contributed by atoms with van der Waals surface area (Å²) in [5, 5.41) is 4.13. The Hall–Kier alpha value is -1.88. The molecule has 0 radical (unpaired) electrons. The van der Waals surface area contributed by atoms with Crippen LogP contribution in [0.3, 0.4) is 0 Å². The Labute approximate surface area is 112 Å². The highest BCUT2D eigenvalue weighted by molar-refractivity contribution is 5.24. The summed E-state index contributed by atoms with van der Waals surface area (Å²) in [6.07, 6.45) is 4.11. The van der Waals surface area contributed by atoms with Crippen LogP contribution in [0.4, 0.5) is 4.39 Å². The molecule has 2 atom stereocenters. The molecule has 2 N–H and O–H groups in total. The molecule has 0 fully saturated rings. The molecule has 1 aromatic carbocycles. The fourth-order valence-electron chi connectivity index (χ4n) is 1.86. The van der Waals surface area contributed by atoms with Crippen LogP contribution in [0.15, 0.2) is 36.7 Å². The molecule has 0 amide bonds. The molecule has 2 unspecified atom stereocenters. The van der Waals surface area contributed by atoms with Gasteiger partial charge in [-0.2, -0.15) is 5.10 Å². The lowest BCUT2D eigenvalue weighted by Crippen LogP contribution is -2.31. The van der Waals surface area contributed by atoms with E-state index in [4.69, 9.17) is 10.5 Å². The summed E-state index contributed by atoms with van der Waals surface area (Å²) in [4.78, 5) is 0. The second-order valence-electron chi connectivity index (χ2n) is 4.51. The zero-order valence-electron chi connectivity index (χ0n) is 11.1. The first-order chi connectivity index (χ1) is 9.10. The zero-order chi connectivity index (χ0) is 13.8. The highest BCUT2D eigenvalue weighted by Gasteiger charge is 2.22. The van der Waals surface area contributed by atoms with Crippen LogP contribution in [0, 0.1) is 5.82 Å². The Balaban J connectivity index is 2.21. The van der Waals surface area contributed by atoms with Crippen LogP contribution in [0.2, 0.25) is 0 Å². The lowest BCUT2D eigenvalue weighted by atomic mass is 10.0. The summed E-state index contributed by atoms with van der Waals surface area (Å²) in [7, 11) is 1.84. The summed E-state index contributed by atoms with van der Waals surface area (Å²) < 4.78 is 20.5. The van der Waals surface area contributed by atoms with Gasteiger partial charge in [-0.25, -0.2) is 4.39 Å². The van der Waals surface area contributed by atoms with Crippen molar-refractivity contribution in [3.8, 4) is 5.75 Å². The summed E-state index contributed by atoms with van der Waals surface area (Å²) >= 11 is 0. The Morgan fingerprint density at radius 1 is 1.37 bits per heavy atom. The summed E-state index contributed by atoms with van der Waals surface area (Å²) in [5.74, 6) is 0.309. The summed E-state index contributed by atoms with van der Waals surface area (Å²) in [5.41, 5.74) is 7.02. The monoisotopic (exact) mass is 263 g/mol. The van der Waals surface area contributed by atoms with E-state index in [1.807, 2.05) is 20.2 Å². The Morgan fingerprint density at radius 2 is 2.05 bits per heavy atom. The van der Waals surface area contributed by atoms with E-state index in [-0.39, 0.29) is 18.0 Å². The van der Waals surface area contributed by atoms with Gasteiger partial charge in [-0.15, -0.1) is 0 Å². The van der Waals surface area contributed by atoms with E-state index in [1.165, 1.54) is 12.1 Å². The van der Waals surface area contributed by atoms with Crippen molar-refractivity contribution in [1.82, 2.24) is 9.78 Å². The average molecular weight is 263 g/mol. The van der Waals surface area contributed by atoms with E-state index in [0.717, 1.165) is 12.0 Å². The van der Waals surface area contributed by atoms with E-state index < -0.39 is 0 Å². The largest absolute Gasteiger partial charge is 0.484 e. The second-order valence-corrected chi connectivity index (χ2v) is 4.51. The molecular formula is C14H18FN3O. The molecule has 0 saturated carbocycles. The lowest BCUT2D eigenvalue weighted by molar-refractivity contribution is 0.171. The number of nitrogens with two attached hydrogens (primary N) is 1. The van der Waals surface area contributed by atoms with Crippen molar-refractivity contribution in [2.24, 2.45) is 12.8 Å². The van der Waals surface area contributed by atoms with Gasteiger partial charge < -0.3 is 10.5 Å². The van der Waals surface area contributed by atoms with Crippen molar-refractivity contribution in [2.75, 3.05) is 0 Å². The number of aromatic nitrogens is 2. The molecule has 0 bridgehead atoms. The SMILES string of the molecule is CCC(N)C(Oc1ccc(F)cc1)c1cnn(C)c1. The van der Waals surface area contributed by atoms with Crippen LogP contribution in [-0.2, 0) is 7.05 Å². The van der Waals surface area contributed by atoms with E-state index in [0.29, 0.717) is 5.75 Å². The predicted molar refractivity (Wildman–Crippen MR) is 71.2 cm³/mol. The lowest BCUT2D eigenvalue weighted by Gasteiger charge is -2.23. The maximum Gasteiger partial charge on any atom is 0.142 e. The van der Waals surface area contributed by atoms with Crippen LogP contribution in [-0.4, -0.2) is 15.8 Å². The van der Waals surface area contributed by atoms with Crippen molar-refractivity contribution < 1.29 is 9.13 Å². The second kappa shape index (κ2) is 5.84. The highest BCUT2D eigenvalue weighted by atomic mass is 19.1. The molecule has 4 nitrogen and oxygen atoms in total. The van der Waals surface area contributed by atoms with E-state index in [2.05, 4.69) is 5.10 Å². The summed E-state index contributed by atoms with van der Waals surface area (Å²) in [6.45, 7) is 2.00. The third-order valence-corrected chi connectivity index (χ3v) is 2.99. The Morgan fingerprint density at radius 3 is 2.58 bits per heavy atom. The quantitative estimate of drug-likeness (QED) is 0.901. The van der Waals surface area contributed by atoms with Gasteiger partial charge in [-0.1, -0.05) is 6.92 Å². The van der Waals surface area contributed by atoms with Crippen LogP contribution >= 0.6 is 0 Å². The van der Waals surface area contributed by atoms with Crippen molar-refractivity contribution in [1.29, 1.82) is 0 Å². The average Bonchev–Trinajstić information content (AvgIpc) is 2.83. The van der Waals surface area contributed by atoms with Crippen molar-refractivity contribution in [3.63, 3.8) is 0 Å². The summed E-state index contributed by atoms with van der Waals surface area (Å²) in [6, 6.07) is 5.79. The van der Waals surface area contributed by atoms with Gasteiger partial charge in [-0.3, -0.25) is 4.68 Å². The molecule has 1 aromatic heterocycles. The smallest absolute Gasteiger partial charge is 0.142 e. The Bertz CT molecular complexity index is 524. The van der Waals surface area contributed by atoms with E-state index in [9.17, 15) is 4.39 Å². The van der Waals surface area contributed by atoms with Gasteiger partial charge in [0.15, 0.2) is 0 Å². The van der Waals surface area contributed by atoms with E-state index >= 15 is 0 Å². The maximum absolute atomic E-state index is 12.9. The first kappa shape index (κ1) is 13.5. The molecule has 0 aliphatic heterocycles. The first-order valence-electron chi connectivity index (χ1n) is 6.26. The highest BCUT2D eigenvalue weighted by Crippen LogP contribution is 2.25. The Kier molecular flexibility index (Phi) is 4.16. The number of rotatable bonds is 5. The number of halogens is 1. The van der Waals surface area contributed by atoms with Crippen LogP contribution in [0.1, 0.15) is 25.0 Å². The van der Waals surface area contributed by atoms with Crippen LogP contribution in [0.25, 0.3) is 0 Å². The number of nitrogens with zero attached hydrogens (tertiary/aromatic N) is 2. The minimum atomic E-state index is -0.288. The van der Waals surface area contributed by atoms with Gasteiger partial charge in [0, 0.05) is 24.8 Å². The fraction of sp³-hybridized carbons (Fsp3) is 0.357. The minimum Gasteiger partial charge on any atom is -0.484 e. The standard InChI is InChI=1S/C14H18FN3O/c1-3-13(16)14(10-8-17-18(2)9-10)19-12-6-4-11(15)5-7-12/h4-9,13-14H,3,16H2,1-2H3. The molecular weight excluding hydrogens is 245 g/mol. The number of hydrogen-bond donors (Lipinski definition) is 1. The number of ether oxygens (including phenoxy) is 1. The van der Waals surface area contributed by atoms with Crippen molar-refractivity contribution in [3.05, 3.63) is 48.0 Å². The van der Waals surface area contributed by atoms with Gasteiger partial charge in [-0.05, 0) is 30.7 Å². The van der Waals surface area contributed by atoms with E-state index in [1.54, 1.807) is 23.0 Å². The van der Waals surface area contributed by atoms with Gasteiger partial charge >= 0.3 is 0 Å². The van der Waals surface area contributed by atoms with Crippen molar-refractivity contribution >= 4 is 0 Å². The third-order valence-electron chi connectivity index (χ3n) is 2.99. The number of benzene rings is 1. The number of aryl methyl sites for hydroxylation is 1. The topological polar surface area (TPSA) is 53.1 Å². The molecule has 2 rings (SSSR count). The molecule has 1 heterocycles. The molecule has 0 saturated heterocycles. The molecule has 0 spiro atoms. The van der Waals surface area contributed by atoms with Crippen LogP contribution in [0.5, 0.6) is 5.75 Å². The minimum absolute atomic E-state index is 0.144. The van der Waals surface area contributed by atoms with Crippen molar-refractivity contribution in [2.45, 2.75) is 25.5 Å². The number of hydrogen-bond acceptors (Lipinski definition) is 3. The fourth-order valence-corrected chi connectivity index (χ4v) is 1.86. The van der Waals surface area contributed by atoms with Gasteiger partial charge in [0.25, 0.3) is 0 Å². The normalized spacial score (nSPS) is 14.1. The first-order valence-corrected chi connectivity index (χ1v) is 6.26. The molecule has 102 valence electrons. The molecule has 0 aliphatic rings. The zero-order valence-corrected chi connectivity index (χ0v) is 11.1. The molecule has 5 heteroatoms.